The lowest BCUT2D eigenvalue weighted by Crippen LogP contribution is -2.59. The quantitative estimate of drug-likeness (QED) is 0.752. The maximum Gasteiger partial charge on any atom is 0.329 e. The van der Waals surface area contributed by atoms with Gasteiger partial charge in [0.25, 0.3) is 0 Å². The predicted molar refractivity (Wildman–Crippen MR) is 73.6 cm³/mol. The molecule has 7 heteroatoms. The lowest BCUT2D eigenvalue weighted by atomic mass is 9.76. The summed E-state index contributed by atoms with van der Waals surface area (Å²) in [5, 5.41) is 15.6. The summed E-state index contributed by atoms with van der Waals surface area (Å²) < 4.78 is 5.08. The van der Waals surface area contributed by atoms with Gasteiger partial charge in [-0.25, -0.2) is 4.79 Å². The Hall–Kier alpha value is -1.92. The molecule has 2 rings (SSSR count). The minimum absolute atomic E-state index is 0.231. The van der Waals surface area contributed by atoms with Crippen LogP contribution in [0.3, 0.4) is 0 Å². The predicted octanol–water partition coefficient (Wildman–Crippen LogP) is 1.47. The summed E-state index contributed by atoms with van der Waals surface area (Å²) in [6.45, 7) is 2.04. The molecule has 0 unspecified atom stereocenters. The highest BCUT2D eigenvalue weighted by molar-refractivity contribution is 5.87. The molecule has 1 amide bonds. The van der Waals surface area contributed by atoms with Crippen molar-refractivity contribution in [1.29, 1.82) is 0 Å². The second kappa shape index (κ2) is 6.69. The van der Waals surface area contributed by atoms with Gasteiger partial charge in [-0.15, -0.1) is 0 Å². The second-order valence-electron chi connectivity index (χ2n) is 5.50. The van der Waals surface area contributed by atoms with Gasteiger partial charge in [-0.05, 0) is 32.1 Å². The number of nitrogens with one attached hydrogen (secondary N) is 1. The zero-order valence-electron chi connectivity index (χ0n) is 12.2. The first-order valence-corrected chi connectivity index (χ1v) is 7.41. The lowest BCUT2D eigenvalue weighted by Gasteiger charge is -2.38. The first-order chi connectivity index (χ1) is 10.1. The Labute approximate surface area is 123 Å². The number of nitrogens with zero attached hydrogens (tertiary/aromatic N) is 2. The summed E-state index contributed by atoms with van der Waals surface area (Å²) in [5.74, 6) is 0.0488. The SMILES string of the molecule is CCCc1noc(CCCC(=O)NC2(C(=O)O)CCC2)n1. The second-order valence-corrected chi connectivity index (χ2v) is 5.50. The number of carbonyl (C=O) groups is 2. The van der Waals surface area contributed by atoms with Crippen molar-refractivity contribution >= 4 is 11.9 Å². The van der Waals surface area contributed by atoms with Crippen LogP contribution in [0.5, 0.6) is 0 Å². The number of carboxylic acid groups (broad SMARTS) is 1. The third-order valence-corrected chi connectivity index (χ3v) is 3.77. The molecule has 1 aliphatic rings. The summed E-state index contributed by atoms with van der Waals surface area (Å²) in [5.41, 5.74) is -1.03. The van der Waals surface area contributed by atoms with Gasteiger partial charge in [-0.2, -0.15) is 4.98 Å². The van der Waals surface area contributed by atoms with E-state index in [1.807, 2.05) is 6.92 Å². The molecule has 1 aliphatic carbocycles. The van der Waals surface area contributed by atoms with E-state index < -0.39 is 11.5 Å². The number of hydrogen-bond acceptors (Lipinski definition) is 5. The molecule has 1 aromatic rings. The number of amides is 1. The average molecular weight is 295 g/mol. The van der Waals surface area contributed by atoms with Crippen molar-refractivity contribution in [3.05, 3.63) is 11.7 Å². The summed E-state index contributed by atoms with van der Waals surface area (Å²) in [6, 6.07) is 0. The summed E-state index contributed by atoms with van der Waals surface area (Å²) in [4.78, 5) is 27.2. The molecule has 0 atom stereocenters. The zero-order chi connectivity index (χ0) is 15.3. The van der Waals surface area contributed by atoms with Crippen LogP contribution in [0.15, 0.2) is 4.52 Å². The molecule has 116 valence electrons. The van der Waals surface area contributed by atoms with Crippen LogP contribution in [-0.4, -0.2) is 32.7 Å². The Bertz CT molecular complexity index is 508. The van der Waals surface area contributed by atoms with E-state index in [2.05, 4.69) is 15.5 Å². The van der Waals surface area contributed by atoms with Crippen molar-refractivity contribution in [3.8, 4) is 0 Å². The minimum atomic E-state index is -1.03. The summed E-state index contributed by atoms with van der Waals surface area (Å²) in [6.07, 6.45) is 4.97. The molecule has 1 aromatic heterocycles. The maximum atomic E-state index is 11.8. The number of aliphatic carboxylic acids is 1. The molecule has 1 heterocycles. The summed E-state index contributed by atoms with van der Waals surface area (Å²) >= 11 is 0. The number of hydrogen-bond donors (Lipinski definition) is 2. The normalized spacial score (nSPS) is 16.2. The van der Waals surface area contributed by atoms with Crippen molar-refractivity contribution in [2.24, 2.45) is 0 Å². The Balaban J connectivity index is 1.72. The van der Waals surface area contributed by atoms with E-state index >= 15 is 0 Å². The fourth-order valence-corrected chi connectivity index (χ4v) is 2.37. The Morgan fingerprint density at radius 2 is 2.14 bits per heavy atom. The minimum Gasteiger partial charge on any atom is -0.480 e. The number of rotatable bonds is 8. The van der Waals surface area contributed by atoms with Crippen LogP contribution in [0.25, 0.3) is 0 Å². The molecular formula is C14H21N3O4. The van der Waals surface area contributed by atoms with Crippen LogP contribution in [-0.2, 0) is 22.4 Å². The molecular weight excluding hydrogens is 274 g/mol. The van der Waals surface area contributed by atoms with E-state index in [9.17, 15) is 9.59 Å². The highest BCUT2D eigenvalue weighted by atomic mass is 16.5. The molecule has 1 saturated carbocycles. The van der Waals surface area contributed by atoms with Crippen molar-refractivity contribution in [3.63, 3.8) is 0 Å². The van der Waals surface area contributed by atoms with Gasteiger partial charge in [0.15, 0.2) is 5.82 Å². The van der Waals surface area contributed by atoms with Crippen molar-refractivity contribution in [2.45, 2.75) is 63.8 Å². The molecule has 0 saturated heterocycles. The molecule has 1 fully saturated rings. The summed E-state index contributed by atoms with van der Waals surface area (Å²) in [7, 11) is 0. The third-order valence-electron chi connectivity index (χ3n) is 3.77. The van der Waals surface area contributed by atoms with Crippen LogP contribution in [0, 0.1) is 0 Å². The number of aryl methyl sites for hydroxylation is 2. The topological polar surface area (TPSA) is 105 Å². The van der Waals surface area contributed by atoms with Gasteiger partial charge in [-0.1, -0.05) is 12.1 Å². The van der Waals surface area contributed by atoms with E-state index in [1.165, 1.54) is 0 Å². The van der Waals surface area contributed by atoms with Gasteiger partial charge in [0.1, 0.15) is 5.54 Å². The van der Waals surface area contributed by atoms with Gasteiger partial charge < -0.3 is 14.9 Å². The molecule has 0 bridgehead atoms. The van der Waals surface area contributed by atoms with Gasteiger partial charge >= 0.3 is 5.97 Å². The van der Waals surface area contributed by atoms with Gasteiger partial charge in [-0.3, -0.25) is 4.79 Å². The van der Waals surface area contributed by atoms with Crippen LogP contribution in [0.1, 0.15) is 57.2 Å². The van der Waals surface area contributed by atoms with E-state index in [-0.39, 0.29) is 12.3 Å². The lowest BCUT2D eigenvalue weighted by molar-refractivity contribution is -0.151. The van der Waals surface area contributed by atoms with Crippen LogP contribution < -0.4 is 5.32 Å². The molecule has 2 N–H and O–H groups in total. The Morgan fingerprint density at radius 1 is 1.38 bits per heavy atom. The van der Waals surface area contributed by atoms with E-state index in [1.54, 1.807) is 0 Å². The smallest absolute Gasteiger partial charge is 0.329 e. The first kappa shape index (κ1) is 15.5. The van der Waals surface area contributed by atoms with Crippen LogP contribution >= 0.6 is 0 Å². The van der Waals surface area contributed by atoms with Crippen LogP contribution in [0.4, 0.5) is 0 Å². The number of carboxylic acids is 1. The van der Waals surface area contributed by atoms with Gasteiger partial charge in [0, 0.05) is 19.3 Å². The van der Waals surface area contributed by atoms with Crippen molar-refractivity contribution in [1.82, 2.24) is 15.5 Å². The monoisotopic (exact) mass is 295 g/mol. The molecule has 7 nitrogen and oxygen atoms in total. The van der Waals surface area contributed by atoms with Gasteiger partial charge in [0.2, 0.25) is 11.8 Å². The fourth-order valence-electron chi connectivity index (χ4n) is 2.37. The fraction of sp³-hybridized carbons (Fsp3) is 0.714. The Morgan fingerprint density at radius 3 is 2.71 bits per heavy atom. The highest BCUT2D eigenvalue weighted by Gasteiger charge is 2.45. The maximum absolute atomic E-state index is 11.8. The largest absolute Gasteiger partial charge is 0.480 e. The molecule has 21 heavy (non-hydrogen) atoms. The highest BCUT2D eigenvalue weighted by Crippen LogP contribution is 2.32. The van der Waals surface area contributed by atoms with Gasteiger partial charge in [0.05, 0.1) is 0 Å². The van der Waals surface area contributed by atoms with Crippen molar-refractivity contribution < 1.29 is 19.2 Å². The van der Waals surface area contributed by atoms with E-state index in [4.69, 9.17) is 9.63 Å². The molecule has 0 radical (unpaired) electrons. The van der Waals surface area contributed by atoms with E-state index in [0.717, 1.165) is 19.3 Å². The first-order valence-electron chi connectivity index (χ1n) is 7.41. The van der Waals surface area contributed by atoms with E-state index in [0.29, 0.717) is 37.4 Å². The molecule has 0 spiro atoms. The molecule has 0 aromatic carbocycles. The number of aromatic nitrogens is 2. The zero-order valence-corrected chi connectivity index (χ0v) is 12.2. The average Bonchev–Trinajstić information content (AvgIpc) is 2.81. The molecule has 0 aliphatic heterocycles. The van der Waals surface area contributed by atoms with Crippen LogP contribution in [0.2, 0.25) is 0 Å². The number of carbonyl (C=O) groups excluding carboxylic acids is 1. The standard InChI is InChI=1S/C14H21N3O4/c1-2-5-10-15-12(21-17-10)7-3-6-11(18)16-14(13(19)20)8-4-9-14/h2-9H2,1H3,(H,16,18)(H,19,20). The van der Waals surface area contributed by atoms with Crippen molar-refractivity contribution in [2.75, 3.05) is 0 Å². The third kappa shape index (κ3) is 3.80. The Kier molecular flexibility index (Phi) is 4.93.